The molecule has 1 saturated carbocycles. The number of ether oxygens (including phenoxy) is 1. The number of rotatable bonds is 6. The lowest BCUT2D eigenvalue weighted by Gasteiger charge is -2.36. The van der Waals surface area contributed by atoms with Gasteiger partial charge < -0.3 is 9.84 Å². The number of fused-ring (bicyclic) bond motifs is 1. The van der Waals surface area contributed by atoms with Gasteiger partial charge in [-0.05, 0) is 42.5 Å². The lowest BCUT2D eigenvalue weighted by molar-refractivity contribution is 0.0171. The van der Waals surface area contributed by atoms with Crippen molar-refractivity contribution in [2.24, 2.45) is 11.8 Å². The summed E-state index contributed by atoms with van der Waals surface area (Å²) < 4.78 is 5.26. The second-order valence-electron chi connectivity index (χ2n) is 6.32. The van der Waals surface area contributed by atoms with Gasteiger partial charge in [0.25, 0.3) is 0 Å². The zero-order chi connectivity index (χ0) is 15.7. The first-order valence-corrected chi connectivity index (χ1v) is 8.93. The topological polar surface area (TPSA) is 29.5 Å². The van der Waals surface area contributed by atoms with Crippen molar-refractivity contribution in [3.8, 4) is 5.75 Å². The normalized spacial score (nSPS) is 28.5. The minimum Gasteiger partial charge on any atom is -0.497 e. The van der Waals surface area contributed by atoms with Crippen molar-refractivity contribution >= 4 is 11.8 Å². The lowest BCUT2D eigenvalue weighted by atomic mass is 9.86. The second kappa shape index (κ2) is 6.13. The number of benzene rings is 1. The largest absolute Gasteiger partial charge is 0.497 e. The first kappa shape index (κ1) is 15.7. The fraction of sp³-hybridized carbons (Fsp3) is 0.474. The zero-order valence-corrected chi connectivity index (χ0v) is 13.9. The van der Waals surface area contributed by atoms with E-state index >= 15 is 0 Å². The number of aliphatic hydroxyl groups is 1. The van der Waals surface area contributed by atoms with E-state index in [2.05, 4.69) is 25.3 Å². The second-order valence-corrected chi connectivity index (χ2v) is 7.51. The molecule has 0 amide bonds. The van der Waals surface area contributed by atoms with E-state index in [4.69, 9.17) is 4.74 Å². The molecule has 3 atom stereocenters. The predicted molar refractivity (Wildman–Crippen MR) is 93.5 cm³/mol. The summed E-state index contributed by atoms with van der Waals surface area (Å²) >= 11 is 1.87. The molecule has 0 bridgehead atoms. The van der Waals surface area contributed by atoms with Gasteiger partial charge in [0.2, 0.25) is 0 Å². The van der Waals surface area contributed by atoms with E-state index in [1.54, 1.807) is 7.11 Å². The fourth-order valence-electron chi connectivity index (χ4n) is 3.75. The molecule has 2 nitrogen and oxygen atoms in total. The van der Waals surface area contributed by atoms with Gasteiger partial charge in [-0.15, -0.1) is 13.2 Å². The van der Waals surface area contributed by atoms with Crippen molar-refractivity contribution in [1.29, 1.82) is 0 Å². The molecule has 2 aliphatic rings. The number of thioether (sulfide) groups is 1. The third kappa shape index (κ3) is 2.50. The van der Waals surface area contributed by atoms with Crippen LogP contribution < -0.4 is 4.74 Å². The van der Waals surface area contributed by atoms with Gasteiger partial charge >= 0.3 is 0 Å². The third-order valence-corrected chi connectivity index (χ3v) is 6.71. The zero-order valence-electron chi connectivity index (χ0n) is 13.1. The van der Waals surface area contributed by atoms with Gasteiger partial charge in [-0.25, -0.2) is 0 Å². The molecule has 1 aromatic rings. The van der Waals surface area contributed by atoms with Crippen LogP contribution >= 0.6 is 11.8 Å². The van der Waals surface area contributed by atoms with Crippen LogP contribution in [0.4, 0.5) is 0 Å². The van der Waals surface area contributed by atoms with Crippen LogP contribution in [-0.2, 0) is 6.42 Å². The molecule has 2 aliphatic carbocycles. The summed E-state index contributed by atoms with van der Waals surface area (Å²) in [5.74, 6) is 2.03. The van der Waals surface area contributed by atoms with Crippen molar-refractivity contribution in [3.63, 3.8) is 0 Å². The van der Waals surface area contributed by atoms with Crippen LogP contribution in [-0.4, -0.2) is 23.6 Å². The van der Waals surface area contributed by atoms with Crippen molar-refractivity contribution < 1.29 is 9.84 Å². The Morgan fingerprint density at radius 1 is 1.32 bits per heavy atom. The highest BCUT2D eigenvalue weighted by Crippen LogP contribution is 2.50. The van der Waals surface area contributed by atoms with Gasteiger partial charge in [0.15, 0.2) is 0 Å². The monoisotopic (exact) mass is 316 g/mol. The molecule has 118 valence electrons. The average molecular weight is 316 g/mol. The molecule has 3 heteroatoms. The number of hydrogen-bond donors (Lipinski definition) is 1. The van der Waals surface area contributed by atoms with Gasteiger partial charge in [-0.3, -0.25) is 0 Å². The van der Waals surface area contributed by atoms with Crippen molar-refractivity contribution in [2.45, 2.75) is 30.1 Å². The van der Waals surface area contributed by atoms with Gasteiger partial charge in [0.1, 0.15) is 5.75 Å². The molecular formula is C19H24O2S. The van der Waals surface area contributed by atoms with Crippen molar-refractivity contribution in [3.05, 3.63) is 54.6 Å². The Hall–Kier alpha value is -1.19. The van der Waals surface area contributed by atoms with Gasteiger partial charge in [-0.1, -0.05) is 18.2 Å². The average Bonchev–Trinajstić information content (AvgIpc) is 2.83. The summed E-state index contributed by atoms with van der Waals surface area (Å²) in [7, 11) is 1.70. The van der Waals surface area contributed by atoms with E-state index in [0.29, 0.717) is 5.25 Å². The Morgan fingerprint density at radius 3 is 2.55 bits per heavy atom. The van der Waals surface area contributed by atoms with Gasteiger partial charge in [0.05, 0.1) is 12.7 Å². The van der Waals surface area contributed by atoms with Crippen molar-refractivity contribution in [2.75, 3.05) is 12.9 Å². The van der Waals surface area contributed by atoms with Crippen LogP contribution in [0.1, 0.15) is 29.2 Å². The summed E-state index contributed by atoms with van der Waals surface area (Å²) in [5, 5.41) is 11.6. The van der Waals surface area contributed by atoms with E-state index in [1.807, 2.05) is 30.0 Å². The number of hydrogen-bond acceptors (Lipinski definition) is 3. The molecule has 3 rings (SSSR count). The molecule has 0 radical (unpaired) electrons. The molecule has 0 aliphatic heterocycles. The Balaban J connectivity index is 1.67. The maximum absolute atomic E-state index is 11.1. The van der Waals surface area contributed by atoms with E-state index in [1.165, 1.54) is 11.1 Å². The maximum atomic E-state index is 11.1. The maximum Gasteiger partial charge on any atom is 0.119 e. The summed E-state index contributed by atoms with van der Waals surface area (Å²) in [6.45, 7) is 7.81. The molecule has 0 heterocycles. The molecule has 1 fully saturated rings. The molecule has 1 unspecified atom stereocenters. The fourth-order valence-corrected chi connectivity index (χ4v) is 5.36. The SMILES string of the molecule is C=C[C@@H]1CC[C@@H](C=C)C1(O)CSC1Cc2cc(OC)ccc21. The molecule has 0 spiro atoms. The molecule has 1 aromatic carbocycles. The minimum atomic E-state index is -0.684. The molecule has 0 aromatic heterocycles. The van der Waals surface area contributed by atoms with Crippen molar-refractivity contribution in [1.82, 2.24) is 0 Å². The minimum absolute atomic E-state index is 0.179. The smallest absolute Gasteiger partial charge is 0.119 e. The predicted octanol–water partition coefficient (Wildman–Crippen LogP) is 4.15. The summed E-state index contributed by atoms with van der Waals surface area (Å²) in [6, 6.07) is 6.30. The highest BCUT2D eigenvalue weighted by atomic mass is 32.2. The van der Waals surface area contributed by atoms with E-state index < -0.39 is 5.60 Å². The van der Waals surface area contributed by atoms with Crippen LogP contribution in [0.5, 0.6) is 5.75 Å². The Bertz CT molecular complexity index is 565. The summed E-state index contributed by atoms with van der Waals surface area (Å²) in [4.78, 5) is 0. The highest BCUT2D eigenvalue weighted by Gasteiger charge is 2.46. The van der Waals surface area contributed by atoms with Crippen LogP contribution in [0.15, 0.2) is 43.5 Å². The van der Waals surface area contributed by atoms with Crippen LogP contribution in [0, 0.1) is 11.8 Å². The highest BCUT2D eigenvalue weighted by molar-refractivity contribution is 7.99. The summed E-state index contributed by atoms with van der Waals surface area (Å²) in [6.07, 6.45) is 6.92. The third-order valence-electron chi connectivity index (χ3n) is 5.26. The Morgan fingerprint density at radius 2 is 2.00 bits per heavy atom. The molecule has 0 saturated heterocycles. The molecule has 1 N–H and O–H groups in total. The van der Waals surface area contributed by atoms with Gasteiger partial charge in [-0.2, -0.15) is 11.8 Å². The number of methoxy groups -OCH3 is 1. The van der Waals surface area contributed by atoms with Crippen LogP contribution in [0.2, 0.25) is 0 Å². The van der Waals surface area contributed by atoms with E-state index in [0.717, 1.165) is 30.8 Å². The first-order valence-electron chi connectivity index (χ1n) is 7.88. The molecule has 22 heavy (non-hydrogen) atoms. The van der Waals surface area contributed by atoms with E-state index in [-0.39, 0.29) is 11.8 Å². The van der Waals surface area contributed by atoms with Crippen LogP contribution in [0.3, 0.4) is 0 Å². The first-order chi connectivity index (χ1) is 10.6. The lowest BCUT2D eigenvalue weighted by Crippen LogP contribution is -2.41. The van der Waals surface area contributed by atoms with Crippen LogP contribution in [0.25, 0.3) is 0 Å². The van der Waals surface area contributed by atoms with E-state index in [9.17, 15) is 5.11 Å². The molecular weight excluding hydrogens is 292 g/mol. The standard InChI is InChI=1S/C19H24O2S/c1-4-14-6-7-15(5-2)19(14,20)12-22-18-11-13-10-16(21-3)8-9-17(13)18/h4-5,8-10,14-15,18,20H,1-2,6-7,11-12H2,3H3/t14-,15-,18?/m1/s1. The quantitative estimate of drug-likeness (QED) is 0.799. The Kier molecular flexibility index (Phi) is 4.37. The van der Waals surface area contributed by atoms with Gasteiger partial charge in [0, 0.05) is 22.8 Å². The summed E-state index contributed by atoms with van der Waals surface area (Å²) in [5.41, 5.74) is 2.07. The Labute approximate surface area is 137 Å².